The van der Waals surface area contributed by atoms with E-state index in [4.69, 9.17) is 10.2 Å². The highest BCUT2D eigenvalue weighted by Crippen LogP contribution is 2.24. The number of aliphatic carboxylic acids is 2. The number of carbonyl (C=O) groups is 2. The molecule has 0 aromatic rings. The molecule has 0 radical (unpaired) electrons. The first-order valence-corrected chi connectivity index (χ1v) is 14.5. The molecular weight excluding hydrogens is 412 g/mol. The van der Waals surface area contributed by atoms with Gasteiger partial charge in [0.05, 0.1) is 0 Å². The molecule has 0 aliphatic heterocycles. The molecular formula is C29H56O4. The second-order valence-electron chi connectivity index (χ2n) is 10.2. The Morgan fingerprint density at radius 2 is 0.758 bits per heavy atom. The minimum Gasteiger partial charge on any atom is -0.481 e. The Morgan fingerprint density at radius 1 is 0.485 bits per heavy atom. The molecule has 0 aliphatic carbocycles. The van der Waals surface area contributed by atoms with Gasteiger partial charge in [0, 0.05) is 0 Å². The van der Waals surface area contributed by atoms with Gasteiger partial charge in [-0.3, -0.25) is 9.59 Å². The lowest BCUT2D eigenvalue weighted by molar-refractivity contribution is -0.157. The van der Waals surface area contributed by atoms with Gasteiger partial charge >= 0.3 is 11.9 Å². The fourth-order valence-electron chi connectivity index (χ4n) is 4.95. The largest absolute Gasteiger partial charge is 0.481 e. The van der Waals surface area contributed by atoms with E-state index in [2.05, 4.69) is 6.92 Å². The first-order chi connectivity index (χ1) is 16.0. The average Bonchev–Trinajstić information content (AvgIpc) is 2.78. The summed E-state index contributed by atoms with van der Waals surface area (Å²) in [5.41, 5.74) is 0. The molecule has 0 heterocycles. The van der Waals surface area contributed by atoms with Gasteiger partial charge in [-0.25, -0.2) is 0 Å². The van der Waals surface area contributed by atoms with Gasteiger partial charge in [0.2, 0.25) is 0 Å². The number of unbranched alkanes of at least 4 members (excludes halogenated alkanes) is 20. The molecule has 2 N–H and O–H groups in total. The number of rotatable bonds is 26. The van der Waals surface area contributed by atoms with E-state index in [9.17, 15) is 9.59 Å². The molecule has 0 amide bonds. The van der Waals surface area contributed by atoms with E-state index in [0.29, 0.717) is 12.8 Å². The van der Waals surface area contributed by atoms with Crippen LogP contribution < -0.4 is 0 Å². The highest BCUT2D eigenvalue weighted by molar-refractivity contribution is 5.93. The van der Waals surface area contributed by atoms with Crippen LogP contribution in [0.15, 0.2) is 0 Å². The lowest BCUT2D eigenvalue weighted by atomic mass is 9.85. The first kappa shape index (κ1) is 31.9. The van der Waals surface area contributed by atoms with E-state index in [1.54, 1.807) is 0 Å². The van der Waals surface area contributed by atoms with Gasteiger partial charge in [-0.2, -0.15) is 0 Å². The van der Waals surface area contributed by atoms with Crippen molar-refractivity contribution < 1.29 is 19.8 Å². The van der Waals surface area contributed by atoms with Gasteiger partial charge in [-0.15, -0.1) is 0 Å². The van der Waals surface area contributed by atoms with Crippen LogP contribution in [0.3, 0.4) is 0 Å². The topological polar surface area (TPSA) is 74.6 Å². The van der Waals surface area contributed by atoms with Gasteiger partial charge in [-0.1, -0.05) is 155 Å². The maximum Gasteiger partial charge on any atom is 0.318 e. The summed E-state index contributed by atoms with van der Waals surface area (Å²) in [6.45, 7) is 4.17. The molecule has 0 aromatic carbocycles. The highest BCUT2D eigenvalue weighted by Gasteiger charge is 2.33. The molecule has 196 valence electrons. The van der Waals surface area contributed by atoms with Crippen LogP contribution in [0.2, 0.25) is 0 Å². The Labute approximate surface area is 205 Å². The SMILES string of the molecule is CCCCCCCCCCCCCCCCCCCCCCCC(CC)C(C(=O)O)C(=O)O. The van der Waals surface area contributed by atoms with E-state index in [1.807, 2.05) is 6.92 Å². The molecule has 0 spiro atoms. The van der Waals surface area contributed by atoms with Crippen LogP contribution in [-0.2, 0) is 9.59 Å². The van der Waals surface area contributed by atoms with E-state index in [-0.39, 0.29) is 5.92 Å². The standard InChI is InChI=1S/C29H56O4/c1-3-5-6-7-8-9-10-11-12-13-14-15-16-17-18-19-20-21-22-23-24-25-26(4-2)27(28(30)31)29(32)33/h26-27H,3-25H2,1-2H3,(H,30,31)(H,32,33). The number of hydrogen-bond donors (Lipinski definition) is 2. The molecule has 0 fully saturated rings. The van der Waals surface area contributed by atoms with Crippen molar-refractivity contribution in [2.24, 2.45) is 11.8 Å². The van der Waals surface area contributed by atoms with Gasteiger partial charge in [0.15, 0.2) is 5.92 Å². The second-order valence-corrected chi connectivity index (χ2v) is 10.2. The Balaban J connectivity index is 3.34. The Kier molecular flexibility index (Phi) is 23.3. The van der Waals surface area contributed by atoms with Gasteiger partial charge in [-0.05, 0) is 12.3 Å². The van der Waals surface area contributed by atoms with Crippen LogP contribution >= 0.6 is 0 Å². The quantitative estimate of drug-likeness (QED) is 0.0979. The Bertz CT molecular complexity index is 435. The average molecular weight is 469 g/mol. The summed E-state index contributed by atoms with van der Waals surface area (Å²) in [5.74, 6) is -3.89. The summed E-state index contributed by atoms with van der Waals surface area (Å²) in [6.07, 6.45) is 29.6. The zero-order valence-corrected chi connectivity index (χ0v) is 22.1. The molecule has 0 rings (SSSR count). The van der Waals surface area contributed by atoms with E-state index in [1.165, 1.54) is 122 Å². The maximum absolute atomic E-state index is 11.2. The van der Waals surface area contributed by atoms with Crippen molar-refractivity contribution in [2.45, 2.75) is 162 Å². The molecule has 0 aromatic heterocycles. The van der Waals surface area contributed by atoms with Crippen LogP contribution in [0.25, 0.3) is 0 Å². The van der Waals surface area contributed by atoms with Crippen molar-refractivity contribution in [2.75, 3.05) is 0 Å². The predicted molar refractivity (Wildman–Crippen MR) is 140 cm³/mol. The van der Waals surface area contributed by atoms with Crippen molar-refractivity contribution in [3.05, 3.63) is 0 Å². The third kappa shape index (κ3) is 20.1. The fraction of sp³-hybridized carbons (Fsp3) is 0.931. The fourth-order valence-corrected chi connectivity index (χ4v) is 4.95. The van der Waals surface area contributed by atoms with Crippen LogP contribution in [-0.4, -0.2) is 22.2 Å². The normalized spacial score (nSPS) is 12.3. The zero-order chi connectivity index (χ0) is 24.6. The molecule has 1 atom stereocenters. The second kappa shape index (κ2) is 24.1. The summed E-state index contributed by atoms with van der Waals surface area (Å²) in [6, 6.07) is 0. The van der Waals surface area contributed by atoms with Crippen molar-refractivity contribution >= 4 is 11.9 Å². The summed E-state index contributed by atoms with van der Waals surface area (Å²) in [4.78, 5) is 22.4. The number of carboxylic acids is 2. The molecule has 33 heavy (non-hydrogen) atoms. The zero-order valence-electron chi connectivity index (χ0n) is 22.1. The van der Waals surface area contributed by atoms with Gasteiger partial charge in [0.25, 0.3) is 0 Å². The van der Waals surface area contributed by atoms with E-state index >= 15 is 0 Å². The van der Waals surface area contributed by atoms with Crippen LogP contribution in [0.1, 0.15) is 162 Å². The minimum absolute atomic E-state index is 0.250. The molecule has 1 unspecified atom stereocenters. The Hall–Kier alpha value is -1.06. The van der Waals surface area contributed by atoms with Crippen molar-refractivity contribution in [3.8, 4) is 0 Å². The van der Waals surface area contributed by atoms with Gasteiger partial charge < -0.3 is 10.2 Å². The minimum atomic E-state index is -1.25. The van der Waals surface area contributed by atoms with E-state index < -0.39 is 17.9 Å². The summed E-state index contributed by atoms with van der Waals surface area (Å²) < 4.78 is 0. The predicted octanol–water partition coefficient (Wildman–Crippen LogP) is 9.40. The summed E-state index contributed by atoms with van der Waals surface area (Å²) >= 11 is 0. The summed E-state index contributed by atoms with van der Waals surface area (Å²) in [7, 11) is 0. The third-order valence-electron chi connectivity index (χ3n) is 7.21. The number of carboxylic acid groups (broad SMARTS) is 2. The lowest BCUT2D eigenvalue weighted by Crippen LogP contribution is -2.31. The Morgan fingerprint density at radius 3 is 1.00 bits per heavy atom. The highest BCUT2D eigenvalue weighted by atomic mass is 16.4. The molecule has 0 aliphatic rings. The monoisotopic (exact) mass is 468 g/mol. The lowest BCUT2D eigenvalue weighted by Gasteiger charge is -2.19. The van der Waals surface area contributed by atoms with Crippen LogP contribution in [0, 0.1) is 11.8 Å². The maximum atomic E-state index is 11.2. The van der Waals surface area contributed by atoms with Crippen molar-refractivity contribution in [1.29, 1.82) is 0 Å². The van der Waals surface area contributed by atoms with Crippen LogP contribution in [0.5, 0.6) is 0 Å². The van der Waals surface area contributed by atoms with Crippen molar-refractivity contribution in [3.63, 3.8) is 0 Å². The van der Waals surface area contributed by atoms with Crippen LogP contribution in [0.4, 0.5) is 0 Å². The third-order valence-corrected chi connectivity index (χ3v) is 7.21. The number of hydrogen-bond acceptors (Lipinski definition) is 2. The van der Waals surface area contributed by atoms with E-state index in [0.717, 1.165) is 12.8 Å². The molecule has 4 heteroatoms. The van der Waals surface area contributed by atoms with Crippen molar-refractivity contribution in [1.82, 2.24) is 0 Å². The smallest absolute Gasteiger partial charge is 0.318 e. The first-order valence-electron chi connectivity index (χ1n) is 14.5. The molecule has 0 saturated carbocycles. The molecule has 0 saturated heterocycles. The van der Waals surface area contributed by atoms with Gasteiger partial charge in [0.1, 0.15) is 0 Å². The molecule has 4 nitrogen and oxygen atoms in total. The molecule has 0 bridgehead atoms. The summed E-state index contributed by atoms with van der Waals surface area (Å²) in [5, 5.41) is 18.3.